The molecule has 120 valence electrons. The molecule has 5 nitrogen and oxygen atoms in total. The van der Waals surface area contributed by atoms with Gasteiger partial charge in [0.15, 0.2) is 0 Å². The molecule has 2 aromatic rings. The summed E-state index contributed by atoms with van der Waals surface area (Å²) in [4.78, 5) is 22.9. The van der Waals surface area contributed by atoms with Crippen LogP contribution in [0.25, 0.3) is 0 Å². The van der Waals surface area contributed by atoms with Gasteiger partial charge in [0.25, 0.3) is 0 Å². The number of carbonyl (C=O) groups is 1. The fourth-order valence-corrected chi connectivity index (χ4v) is 2.74. The first-order chi connectivity index (χ1) is 11.1. The van der Waals surface area contributed by atoms with E-state index in [2.05, 4.69) is 15.3 Å². The van der Waals surface area contributed by atoms with Gasteiger partial charge in [0.2, 0.25) is 11.9 Å². The Morgan fingerprint density at radius 3 is 2.87 bits per heavy atom. The Bertz CT molecular complexity index is 692. The zero-order valence-electron chi connectivity index (χ0n) is 13.0. The second-order valence-electron chi connectivity index (χ2n) is 5.79. The summed E-state index contributed by atoms with van der Waals surface area (Å²) >= 11 is 0. The van der Waals surface area contributed by atoms with E-state index in [1.54, 1.807) is 37.5 Å². The third-order valence-electron chi connectivity index (χ3n) is 4.07. The summed E-state index contributed by atoms with van der Waals surface area (Å²) in [6.45, 7) is 3.11. The van der Waals surface area contributed by atoms with E-state index in [4.69, 9.17) is 0 Å². The molecule has 1 aliphatic rings. The Morgan fingerprint density at radius 2 is 2.13 bits per heavy atom. The molecule has 1 atom stereocenters. The summed E-state index contributed by atoms with van der Waals surface area (Å²) in [5, 5.41) is 2.81. The van der Waals surface area contributed by atoms with Gasteiger partial charge in [-0.15, -0.1) is 0 Å². The third kappa shape index (κ3) is 3.64. The molecule has 1 saturated heterocycles. The highest BCUT2D eigenvalue weighted by molar-refractivity contribution is 5.93. The van der Waals surface area contributed by atoms with E-state index in [0.29, 0.717) is 23.7 Å². The van der Waals surface area contributed by atoms with Gasteiger partial charge >= 0.3 is 0 Å². The molecule has 1 amide bonds. The van der Waals surface area contributed by atoms with Crippen LogP contribution in [0.5, 0.6) is 0 Å². The van der Waals surface area contributed by atoms with Crippen LogP contribution in [-0.4, -0.2) is 29.0 Å². The molecule has 0 saturated carbocycles. The van der Waals surface area contributed by atoms with Crippen molar-refractivity contribution in [1.29, 1.82) is 0 Å². The molecule has 1 aliphatic heterocycles. The number of aryl methyl sites for hydroxylation is 1. The van der Waals surface area contributed by atoms with Gasteiger partial charge in [0.1, 0.15) is 5.82 Å². The monoisotopic (exact) mass is 314 g/mol. The average molecular weight is 314 g/mol. The molecule has 2 heterocycles. The molecule has 0 unspecified atom stereocenters. The zero-order chi connectivity index (χ0) is 16.2. The summed E-state index contributed by atoms with van der Waals surface area (Å²) in [5.74, 6) is 0.0861. The van der Waals surface area contributed by atoms with Crippen LogP contribution in [0.4, 0.5) is 16.0 Å². The smallest absolute Gasteiger partial charge is 0.229 e. The molecule has 3 rings (SSSR count). The Hall–Kier alpha value is -2.50. The maximum atomic E-state index is 13.6. The molecular formula is C17H19FN4O. The number of aromatic nitrogens is 2. The lowest BCUT2D eigenvalue weighted by Crippen LogP contribution is -2.41. The van der Waals surface area contributed by atoms with Crippen molar-refractivity contribution >= 4 is 17.5 Å². The summed E-state index contributed by atoms with van der Waals surface area (Å²) in [7, 11) is 0. The molecule has 1 fully saturated rings. The van der Waals surface area contributed by atoms with Crippen molar-refractivity contribution in [2.75, 3.05) is 23.3 Å². The Labute approximate surface area is 134 Å². The van der Waals surface area contributed by atoms with Crippen molar-refractivity contribution in [3.63, 3.8) is 0 Å². The SMILES string of the molecule is Cc1ccc(NC(=O)[C@@H]2CCCN(c3ncccn3)C2)cc1F. The maximum absolute atomic E-state index is 13.6. The van der Waals surface area contributed by atoms with Crippen LogP contribution in [0.15, 0.2) is 36.7 Å². The van der Waals surface area contributed by atoms with Gasteiger partial charge in [0.05, 0.1) is 5.92 Å². The molecule has 0 bridgehead atoms. The van der Waals surface area contributed by atoms with Crippen molar-refractivity contribution in [3.8, 4) is 0 Å². The van der Waals surface area contributed by atoms with Gasteiger partial charge in [-0.2, -0.15) is 0 Å². The van der Waals surface area contributed by atoms with Crippen LogP contribution in [0, 0.1) is 18.7 Å². The second kappa shape index (κ2) is 6.73. The number of hydrogen-bond donors (Lipinski definition) is 1. The number of nitrogens with zero attached hydrogens (tertiary/aromatic N) is 3. The normalized spacial score (nSPS) is 17.8. The van der Waals surface area contributed by atoms with E-state index in [1.807, 2.05) is 4.90 Å². The van der Waals surface area contributed by atoms with Gasteiger partial charge in [-0.05, 0) is 43.5 Å². The highest BCUT2D eigenvalue weighted by Crippen LogP contribution is 2.22. The molecule has 0 radical (unpaired) electrons. The number of carbonyl (C=O) groups excluding carboxylic acids is 1. The van der Waals surface area contributed by atoms with E-state index in [9.17, 15) is 9.18 Å². The van der Waals surface area contributed by atoms with Gasteiger partial charge in [-0.3, -0.25) is 4.79 Å². The number of piperidine rings is 1. The zero-order valence-corrected chi connectivity index (χ0v) is 13.0. The Kier molecular flexibility index (Phi) is 4.50. The fraction of sp³-hybridized carbons (Fsp3) is 0.353. The molecule has 1 N–H and O–H groups in total. The predicted molar refractivity (Wildman–Crippen MR) is 86.7 cm³/mol. The quantitative estimate of drug-likeness (QED) is 0.946. The van der Waals surface area contributed by atoms with Crippen LogP contribution in [0.2, 0.25) is 0 Å². The van der Waals surface area contributed by atoms with Crippen molar-refractivity contribution in [2.24, 2.45) is 5.92 Å². The molecular weight excluding hydrogens is 295 g/mol. The van der Waals surface area contributed by atoms with Crippen molar-refractivity contribution in [2.45, 2.75) is 19.8 Å². The summed E-state index contributed by atoms with van der Waals surface area (Å²) < 4.78 is 13.6. The lowest BCUT2D eigenvalue weighted by molar-refractivity contribution is -0.120. The van der Waals surface area contributed by atoms with Gasteiger partial charge in [0, 0.05) is 31.2 Å². The molecule has 1 aromatic heterocycles. The minimum absolute atomic E-state index is 0.0890. The topological polar surface area (TPSA) is 58.1 Å². The molecule has 0 aliphatic carbocycles. The average Bonchev–Trinajstić information content (AvgIpc) is 2.59. The van der Waals surface area contributed by atoms with E-state index in [-0.39, 0.29) is 17.6 Å². The first-order valence-electron chi connectivity index (χ1n) is 7.72. The van der Waals surface area contributed by atoms with E-state index < -0.39 is 0 Å². The lowest BCUT2D eigenvalue weighted by atomic mass is 9.97. The summed E-state index contributed by atoms with van der Waals surface area (Å²) in [6.07, 6.45) is 5.10. The number of rotatable bonds is 3. The van der Waals surface area contributed by atoms with Crippen LogP contribution in [0.1, 0.15) is 18.4 Å². The van der Waals surface area contributed by atoms with Gasteiger partial charge in [-0.25, -0.2) is 14.4 Å². The van der Waals surface area contributed by atoms with Crippen molar-refractivity contribution in [1.82, 2.24) is 9.97 Å². The first-order valence-corrected chi connectivity index (χ1v) is 7.72. The number of benzene rings is 1. The van der Waals surface area contributed by atoms with Crippen molar-refractivity contribution in [3.05, 3.63) is 48.0 Å². The highest BCUT2D eigenvalue weighted by Gasteiger charge is 2.27. The first kappa shape index (κ1) is 15.4. The number of nitrogens with one attached hydrogen (secondary N) is 1. The molecule has 1 aromatic carbocycles. The Morgan fingerprint density at radius 1 is 1.35 bits per heavy atom. The highest BCUT2D eigenvalue weighted by atomic mass is 19.1. The standard InChI is InChI=1S/C17H19FN4O/c1-12-5-6-14(10-15(12)18)21-16(23)13-4-2-9-22(11-13)17-19-7-3-8-20-17/h3,5-8,10,13H,2,4,9,11H2,1H3,(H,21,23)/t13-/m1/s1. The molecule has 6 heteroatoms. The fourth-order valence-electron chi connectivity index (χ4n) is 2.74. The third-order valence-corrected chi connectivity index (χ3v) is 4.07. The predicted octanol–water partition coefficient (Wildman–Crippen LogP) is 2.78. The number of hydrogen-bond acceptors (Lipinski definition) is 4. The lowest BCUT2D eigenvalue weighted by Gasteiger charge is -2.31. The number of amides is 1. The van der Waals surface area contributed by atoms with Crippen LogP contribution in [-0.2, 0) is 4.79 Å². The minimum atomic E-state index is -0.314. The van der Waals surface area contributed by atoms with Gasteiger partial charge in [-0.1, -0.05) is 6.07 Å². The molecule has 0 spiro atoms. The van der Waals surface area contributed by atoms with Crippen LogP contribution < -0.4 is 10.2 Å². The van der Waals surface area contributed by atoms with E-state index >= 15 is 0 Å². The molecule has 23 heavy (non-hydrogen) atoms. The summed E-state index contributed by atoms with van der Waals surface area (Å²) in [6, 6.07) is 6.50. The van der Waals surface area contributed by atoms with Crippen LogP contribution >= 0.6 is 0 Å². The number of anilines is 2. The minimum Gasteiger partial charge on any atom is -0.340 e. The number of halogens is 1. The van der Waals surface area contributed by atoms with E-state index in [0.717, 1.165) is 19.4 Å². The largest absolute Gasteiger partial charge is 0.340 e. The Balaban J connectivity index is 1.66. The van der Waals surface area contributed by atoms with Crippen LogP contribution in [0.3, 0.4) is 0 Å². The van der Waals surface area contributed by atoms with E-state index in [1.165, 1.54) is 6.07 Å². The second-order valence-corrected chi connectivity index (χ2v) is 5.79. The summed E-state index contributed by atoms with van der Waals surface area (Å²) in [5.41, 5.74) is 1.05. The van der Waals surface area contributed by atoms with Crippen molar-refractivity contribution < 1.29 is 9.18 Å². The maximum Gasteiger partial charge on any atom is 0.229 e. The van der Waals surface area contributed by atoms with Gasteiger partial charge < -0.3 is 10.2 Å².